The molecule has 0 amide bonds. The van der Waals surface area contributed by atoms with Crippen LogP contribution < -0.4 is 0 Å². The van der Waals surface area contributed by atoms with Gasteiger partial charge in [-0.05, 0) is 30.3 Å². The summed E-state index contributed by atoms with van der Waals surface area (Å²) in [6.45, 7) is 0.712. The van der Waals surface area contributed by atoms with Crippen molar-refractivity contribution >= 4 is 5.97 Å². The monoisotopic (exact) mass is 264 g/mol. The Morgan fingerprint density at radius 1 is 1.42 bits per heavy atom. The molecule has 0 saturated carbocycles. The van der Waals surface area contributed by atoms with Gasteiger partial charge in [-0.25, -0.2) is 9.18 Å². The minimum atomic E-state index is -1.06. The summed E-state index contributed by atoms with van der Waals surface area (Å²) < 4.78 is 19.1. The molecule has 0 unspecified atom stereocenters. The molecule has 0 aliphatic rings. The average molecular weight is 264 g/mol. The second-order valence-corrected chi connectivity index (χ2v) is 3.94. The number of carboxylic acids is 1. The second-order valence-electron chi connectivity index (χ2n) is 3.94. The fourth-order valence-electron chi connectivity index (χ4n) is 1.70. The van der Waals surface area contributed by atoms with Crippen LogP contribution in [0.15, 0.2) is 30.3 Å². The minimum absolute atomic E-state index is 0.0800. The summed E-state index contributed by atoms with van der Waals surface area (Å²) in [6, 6.07) is 7.20. The smallest absolute Gasteiger partial charge is 0.354 e. The Bertz CT molecular complexity index is 578. The Kier molecular flexibility index (Phi) is 3.91. The Balaban J connectivity index is 2.36. The van der Waals surface area contributed by atoms with Gasteiger partial charge in [0.2, 0.25) is 0 Å². The van der Waals surface area contributed by atoms with Crippen molar-refractivity contribution in [2.24, 2.45) is 0 Å². The maximum absolute atomic E-state index is 12.8. The molecule has 1 heterocycles. The Morgan fingerprint density at radius 2 is 2.11 bits per heavy atom. The fourth-order valence-corrected chi connectivity index (χ4v) is 1.70. The van der Waals surface area contributed by atoms with Crippen molar-refractivity contribution < 1.29 is 19.0 Å². The van der Waals surface area contributed by atoms with E-state index in [1.807, 2.05) is 0 Å². The van der Waals surface area contributed by atoms with E-state index in [1.165, 1.54) is 30.0 Å². The largest absolute Gasteiger partial charge is 0.477 e. The zero-order chi connectivity index (χ0) is 13.8. The molecule has 0 saturated heterocycles. The Labute approximate surface area is 109 Å². The lowest BCUT2D eigenvalue weighted by Gasteiger charge is -2.02. The number of nitrogens with zero attached hydrogens (tertiary/aromatic N) is 2. The lowest BCUT2D eigenvalue weighted by atomic mass is 10.1. The highest BCUT2D eigenvalue weighted by Gasteiger charge is 2.15. The average Bonchev–Trinajstić information content (AvgIpc) is 2.81. The topological polar surface area (TPSA) is 64.4 Å². The van der Waals surface area contributed by atoms with Gasteiger partial charge < -0.3 is 9.84 Å². The molecule has 0 fully saturated rings. The van der Waals surface area contributed by atoms with Crippen molar-refractivity contribution in [1.29, 1.82) is 0 Å². The first-order valence-corrected chi connectivity index (χ1v) is 5.68. The van der Waals surface area contributed by atoms with Gasteiger partial charge in [0.1, 0.15) is 11.5 Å². The summed E-state index contributed by atoms with van der Waals surface area (Å²) in [7, 11) is 1.53. The zero-order valence-corrected chi connectivity index (χ0v) is 10.3. The van der Waals surface area contributed by atoms with Crippen molar-refractivity contribution in [3.63, 3.8) is 0 Å². The van der Waals surface area contributed by atoms with Gasteiger partial charge in [0.15, 0.2) is 0 Å². The summed E-state index contributed by atoms with van der Waals surface area (Å²) in [4.78, 5) is 11.1. The van der Waals surface area contributed by atoms with E-state index < -0.39 is 5.97 Å². The number of hydrogen-bond donors (Lipinski definition) is 1. The van der Waals surface area contributed by atoms with E-state index in [1.54, 1.807) is 12.1 Å². The van der Waals surface area contributed by atoms with Crippen LogP contribution in [0.2, 0.25) is 0 Å². The van der Waals surface area contributed by atoms with Crippen LogP contribution in [0.1, 0.15) is 10.5 Å². The number of hydrogen-bond acceptors (Lipinski definition) is 3. The van der Waals surface area contributed by atoms with E-state index in [0.29, 0.717) is 24.4 Å². The standard InChI is InChI=1S/C13H13FN2O3/c1-19-7-6-16-12(13(17)18)8-11(15-16)9-2-4-10(14)5-3-9/h2-5,8H,6-7H2,1H3,(H,17,18). The highest BCUT2D eigenvalue weighted by atomic mass is 19.1. The molecule has 5 nitrogen and oxygen atoms in total. The molecule has 1 N–H and O–H groups in total. The predicted molar refractivity (Wildman–Crippen MR) is 66.5 cm³/mol. The van der Waals surface area contributed by atoms with Crippen LogP contribution in [-0.2, 0) is 11.3 Å². The number of carboxylic acid groups (broad SMARTS) is 1. The number of aromatic nitrogens is 2. The van der Waals surface area contributed by atoms with Crippen LogP contribution in [0.4, 0.5) is 4.39 Å². The lowest BCUT2D eigenvalue weighted by molar-refractivity contribution is 0.0680. The summed E-state index contributed by atoms with van der Waals surface area (Å²) >= 11 is 0. The lowest BCUT2D eigenvalue weighted by Crippen LogP contribution is -2.13. The first kappa shape index (κ1) is 13.2. The first-order chi connectivity index (χ1) is 9.11. The number of rotatable bonds is 5. The molecule has 0 spiro atoms. The van der Waals surface area contributed by atoms with Crippen molar-refractivity contribution in [1.82, 2.24) is 9.78 Å². The Hall–Kier alpha value is -2.21. The molecule has 0 atom stereocenters. The SMILES string of the molecule is COCCn1nc(-c2ccc(F)cc2)cc1C(=O)O. The third kappa shape index (κ3) is 2.97. The number of benzene rings is 1. The molecule has 0 aliphatic heterocycles. The third-order valence-corrected chi connectivity index (χ3v) is 2.65. The van der Waals surface area contributed by atoms with E-state index >= 15 is 0 Å². The van der Waals surface area contributed by atoms with Crippen LogP contribution in [-0.4, -0.2) is 34.6 Å². The third-order valence-electron chi connectivity index (χ3n) is 2.65. The van der Waals surface area contributed by atoms with E-state index in [2.05, 4.69) is 5.10 Å². The second kappa shape index (κ2) is 5.62. The van der Waals surface area contributed by atoms with Crippen molar-refractivity contribution in [3.05, 3.63) is 41.8 Å². The van der Waals surface area contributed by atoms with E-state index in [-0.39, 0.29) is 11.5 Å². The number of aromatic carboxylic acids is 1. The maximum atomic E-state index is 12.8. The summed E-state index contributed by atoms with van der Waals surface area (Å²) in [5.41, 5.74) is 1.24. The van der Waals surface area contributed by atoms with Gasteiger partial charge in [0.25, 0.3) is 0 Å². The van der Waals surface area contributed by atoms with Gasteiger partial charge in [-0.3, -0.25) is 4.68 Å². The number of ether oxygens (including phenoxy) is 1. The number of carbonyl (C=O) groups is 1. The van der Waals surface area contributed by atoms with Crippen LogP contribution in [0.25, 0.3) is 11.3 Å². The fraction of sp³-hybridized carbons (Fsp3) is 0.231. The molecule has 1 aromatic heterocycles. The van der Waals surface area contributed by atoms with Gasteiger partial charge in [-0.1, -0.05) is 0 Å². The number of methoxy groups -OCH3 is 1. The van der Waals surface area contributed by atoms with Crippen molar-refractivity contribution in [2.45, 2.75) is 6.54 Å². The molecule has 0 radical (unpaired) electrons. The predicted octanol–water partition coefficient (Wildman–Crippen LogP) is 2.03. The summed E-state index contributed by atoms with van der Waals surface area (Å²) in [6.07, 6.45) is 0. The zero-order valence-electron chi connectivity index (χ0n) is 10.3. The van der Waals surface area contributed by atoms with Crippen LogP contribution in [0.3, 0.4) is 0 Å². The van der Waals surface area contributed by atoms with Gasteiger partial charge in [0, 0.05) is 12.7 Å². The Morgan fingerprint density at radius 3 is 2.68 bits per heavy atom. The van der Waals surface area contributed by atoms with Crippen LogP contribution >= 0.6 is 0 Å². The highest BCUT2D eigenvalue weighted by molar-refractivity contribution is 5.87. The molecule has 0 aliphatic carbocycles. The quantitative estimate of drug-likeness (QED) is 0.897. The van der Waals surface area contributed by atoms with Gasteiger partial charge in [-0.2, -0.15) is 5.10 Å². The molecule has 2 rings (SSSR count). The van der Waals surface area contributed by atoms with Crippen molar-refractivity contribution in [2.75, 3.05) is 13.7 Å². The van der Waals surface area contributed by atoms with E-state index in [0.717, 1.165) is 0 Å². The van der Waals surface area contributed by atoms with Crippen LogP contribution in [0.5, 0.6) is 0 Å². The molecule has 100 valence electrons. The van der Waals surface area contributed by atoms with Gasteiger partial charge in [-0.15, -0.1) is 0 Å². The molecule has 1 aromatic carbocycles. The molecule has 6 heteroatoms. The highest BCUT2D eigenvalue weighted by Crippen LogP contribution is 2.19. The van der Waals surface area contributed by atoms with Gasteiger partial charge in [0.05, 0.1) is 18.8 Å². The molecule has 0 bridgehead atoms. The molecular formula is C13H13FN2O3. The van der Waals surface area contributed by atoms with Crippen LogP contribution in [0, 0.1) is 5.82 Å². The molecular weight excluding hydrogens is 251 g/mol. The summed E-state index contributed by atoms with van der Waals surface area (Å²) in [5.74, 6) is -1.40. The van der Waals surface area contributed by atoms with Gasteiger partial charge >= 0.3 is 5.97 Å². The summed E-state index contributed by atoms with van der Waals surface area (Å²) in [5, 5.41) is 13.3. The minimum Gasteiger partial charge on any atom is -0.477 e. The normalized spacial score (nSPS) is 10.6. The van der Waals surface area contributed by atoms with E-state index in [9.17, 15) is 9.18 Å². The van der Waals surface area contributed by atoms with Crippen molar-refractivity contribution in [3.8, 4) is 11.3 Å². The van der Waals surface area contributed by atoms with E-state index in [4.69, 9.17) is 9.84 Å². The first-order valence-electron chi connectivity index (χ1n) is 5.68. The molecule has 19 heavy (non-hydrogen) atoms. The maximum Gasteiger partial charge on any atom is 0.354 e. The number of halogens is 1. The molecule has 2 aromatic rings.